The molecule has 0 spiro atoms. The number of rotatable bonds is 5. The summed E-state index contributed by atoms with van der Waals surface area (Å²) in [5.74, 6) is 0.0707. The smallest absolute Gasteiger partial charge is 0.226 e. The highest BCUT2D eigenvalue weighted by Gasteiger charge is 2.36. The molecule has 1 aromatic rings. The van der Waals surface area contributed by atoms with Gasteiger partial charge >= 0.3 is 0 Å². The molecule has 0 radical (unpaired) electrons. The second-order valence-electron chi connectivity index (χ2n) is 9.25. The highest BCUT2D eigenvalue weighted by molar-refractivity contribution is 7.17. The van der Waals surface area contributed by atoms with Gasteiger partial charge in [0.05, 0.1) is 16.5 Å². The molecule has 1 saturated carbocycles. The molecule has 1 saturated heterocycles. The minimum atomic E-state index is -0.421. The van der Waals surface area contributed by atoms with E-state index in [0.29, 0.717) is 60.6 Å². The van der Waals surface area contributed by atoms with Crippen molar-refractivity contribution >= 4 is 40.0 Å². The van der Waals surface area contributed by atoms with Crippen LogP contribution in [0, 0.1) is 11.8 Å². The lowest BCUT2D eigenvalue weighted by Crippen LogP contribution is -2.52. The number of hydrogen-bond acceptors (Lipinski definition) is 6. The van der Waals surface area contributed by atoms with Gasteiger partial charge in [-0.15, -0.1) is 0 Å². The quantitative estimate of drug-likeness (QED) is 0.728. The molecule has 4 rings (SSSR count). The van der Waals surface area contributed by atoms with Gasteiger partial charge in [-0.1, -0.05) is 43.4 Å². The molecule has 1 N–H and O–H groups in total. The fraction of sp³-hybridized carbons (Fsp3) is 0.696. The van der Waals surface area contributed by atoms with Crippen molar-refractivity contribution in [3.8, 4) is 0 Å². The van der Waals surface area contributed by atoms with Gasteiger partial charge in [-0.2, -0.15) is 0 Å². The van der Waals surface area contributed by atoms with Crippen LogP contribution in [0.15, 0.2) is 0 Å². The summed E-state index contributed by atoms with van der Waals surface area (Å²) in [6, 6.07) is 0. The number of piperazine rings is 1. The second-order valence-corrected chi connectivity index (χ2v) is 10.2. The van der Waals surface area contributed by atoms with E-state index in [1.807, 2.05) is 0 Å². The lowest BCUT2D eigenvalue weighted by atomic mass is 9.86. The lowest BCUT2D eigenvalue weighted by Gasteiger charge is -2.36. The Morgan fingerprint density at radius 1 is 1.03 bits per heavy atom. The molecule has 1 atom stereocenters. The van der Waals surface area contributed by atoms with E-state index in [4.69, 9.17) is 0 Å². The van der Waals surface area contributed by atoms with E-state index in [-0.39, 0.29) is 29.9 Å². The maximum atomic E-state index is 13.0. The van der Waals surface area contributed by atoms with E-state index < -0.39 is 5.92 Å². The first-order valence-electron chi connectivity index (χ1n) is 11.8. The number of carbonyl (C=O) groups excluding carboxylic acids is 4. The summed E-state index contributed by atoms with van der Waals surface area (Å²) in [4.78, 5) is 58.1. The van der Waals surface area contributed by atoms with Gasteiger partial charge in [-0.25, -0.2) is 4.98 Å². The summed E-state index contributed by atoms with van der Waals surface area (Å²) in [6.07, 6.45) is 8.25. The standard InChI is InChI=1S/C23H32N4O4S/c1-15(28)26-9-11-27(12-10-26)22(31)17-13-18-21(19(29)14-17)32-23(24-18)25-20(30)8-7-16-5-3-2-4-6-16/h16-17H,2-14H2,1H3,(H,24,25,30). The van der Waals surface area contributed by atoms with Crippen molar-refractivity contribution in [3.05, 3.63) is 10.6 Å². The Hall–Kier alpha value is -2.29. The Morgan fingerprint density at radius 3 is 2.41 bits per heavy atom. The van der Waals surface area contributed by atoms with Crippen molar-refractivity contribution in [2.24, 2.45) is 11.8 Å². The minimum absolute atomic E-state index is 0.0189. The number of anilines is 1. The van der Waals surface area contributed by atoms with Gasteiger partial charge in [0, 0.05) is 52.4 Å². The number of carbonyl (C=O) groups is 4. The number of thiazole rings is 1. The molecule has 1 aliphatic heterocycles. The van der Waals surface area contributed by atoms with E-state index in [0.717, 1.165) is 6.42 Å². The fourth-order valence-corrected chi connectivity index (χ4v) is 6.01. The number of aromatic nitrogens is 1. The number of nitrogens with one attached hydrogen (secondary N) is 1. The highest BCUT2D eigenvalue weighted by Crippen LogP contribution is 2.33. The number of amides is 3. The Bertz CT molecular complexity index is 885. The number of hydrogen-bond donors (Lipinski definition) is 1. The molecule has 0 aromatic carbocycles. The number of nitrogens with zero attached hydrogens (tertiary/aromatic N) is 3. The molecule has 2 aliphatic carbocycles. The normalized spacial score (nSPS) is 21.9. The number of Topliss-reactive ketones (excluding diaryl/α,β-unsaturated/α-hetero) is 1. The van der Waals surface area contributed by atoms with E-state index in [2.05, 4.69) is 10.3 Å². The van der Waals surface area contributed by atoms with Gasteiger partial charge in [-0.05, 0) is 12.3 Å². The van der Waals surface area contributed by atoms with Gasteiger partial charge in [0.25, 0.3) is 0 Å². The largest absolute Gasteiger partial charge is 0.339 e. The van der Waals surface area contributed by atoms with E-state index >= 15 is 0 Å². The van der Waals surface area contributed by atoms with Crippen molar-refractivity contribution in [2.75, 3.05) is 31.5 Å². The molecule has 9 heteroatoms. The van der Waals surface area contributed by atoms with Crippen molar-refractivity contribution in [1.82, 2.24) is 14.8 Å². The first-order valence-corrected chi connectivity index (χ1v) is 12.6. The summed E-state index contributed by atoms with van der Waals surface area (Å²) in [5, 5.41) is 3.32. The monoisotopic (exact) mass is 460 g/mol. The van der Waals surface area contributed by atoms with Gasteiger partial charge in [-0.3, -0.25) is 19.2 Å². The van der Waals surface area contributed by atoms with Gasteiger partial charge in [0.15, 0.2) is 10.9 Å². The average Bonchev–Trinajstić information content (AvgIpc) is 3.21. The summed E-state index contributed by atoms with van der Waals surface area (Å²) in [7, 11) is 0. The predicted octanol–water partition coefficient (Wildman–Crippen LogP) is 2.88. The molecule has 1 aromatic heterocycles. The number of ketones is 1. The maximum Gasteiger partial charge on any atom is 0.226 e. The van der Waals surface area contributed by atoms with Crippen LogP contribution in [0.3, 0.4) is 0 Å². The zero-order chi connectivity index (χ0) is 22.7. The Kier molecular flexibility index (Phi) is 7.23. The molecule has 32 heavy (non-hydrogen) atoms. The van der Waals surface area contributed by atoms with Gasteiger partial charge in [0.2, 0.25) is 17.7 Å². The first-order chi connectivity index (χ1) is 15.4. The van der Waals surface area contributed by atoms with Crippen LogP contribution in [0.4, 0.5) is 5.13 Å². The zero-order valence-electron chi connectivity index (χ0n) is 18.7. The molecular weight excluding hydrogens is 428 g/mol. The minimum Gasteiger partial charge on any atom is -0.339 e. The summed E-state index contributed by atoms with van der Waals surface area (Å²) >= 11 is 1.22. The van der Waals surface area contributed by atoms with Crippen LogP contribution < -0.4 is 5.32 Å². The molecule has 1 unspecified atom stereocenters. The maximum absolute atomic E-state index is 13.0. The van der Waals surface area contributed by atoms with Gasteiger partial charge < -0.3 is 15.1 Å². The third-order valence-corrected chi connectivity index (χ3v) is 8.01. The van der Waals surface area contributed by atoms with Crippen LogP contribution in [0.5, 0.6) is 0 Å². The Balaban J connectivity index is 1.31. The molecule has 174 valence electrons. The summed E-state index contributed by atoms with van der Waals surface area (Å²) < 4.78 is 0. The molecule has 2 fully saturated rings. The Labute approximate surface area is 192 Å². The van der Waals surface area contributed by atoms with Crippen molar-refractivity contribution in [1.29, 1.82) is 0 Å². The molecule has 0 bridgehead atoms. The van der Waals surface area contributed by atoms with Crippen molar-refractivity contribution < 1.29 is 19.2 Å². The van der Waals surface area contributed by atoms with Gasteiger partial charge in [0.1, 0.15) is 0 Å². The molecule has 3 aliphatic rings. The number of fused-ring (bicyclic) bond motifs is 1. The van der Waals surface area contributed by atoms with Crippen molar-refractivity contribution in [3.63, 3.8) is 0 Å². The van der Waals surface area contributed by atoms with Crippen molar-refractivity contribution in [2.45, 2.75) is 64.7 Å². The van der Waals surface area contributed by atoms with Crippen LogP contribution in [-0.4, -0.2) is 64.5 Å². The van der Waals surface area contributed by atoms with E-state index in [1.54, 1.807) is 9.80 Å². The van der Waals surface area contributed by atoms with E-state index in [9.17, 15) is 19.2 Å². The third kappa shape index (κ3) is 5.36. The van der Waals surface area contributed by atoms with Crippen LogP contribution in [0.25, 0.3) is 0 Å². The first kappa shape index (κ1) is 22.9. The summed E-state index contributed by atoms with van der Waals surface area (Å²) in [5.41, 5.74) is 0.620. The van der Waals surface area contributed by atoms with Crippen LogP contribution >= 0.6 is 11.3 Å². The highest BCUT2D eigenvalue weighted by atomic mass is 32.1. The zero-order valence-corrected chi connectivity index (χ0v) is 19.5. The topological polar surface area (TPSA) is 99.7 Å². The Morgan fingerprint density at radius 2 is 1.72 bits per heavy atom. The van der Waals surface area contributed by atoms with E-state index in [1.165, 1.54) is 50.4 Å². The molecular formula is C23H32N4O4S. The van der Waals surface area contributed by atoms with Crippen LogP contribution in [-0.2, 0) is 20.8 Å². The van der Waals surface area contributed by atoms with Crippen LogP contribution in [0.1, 0.15) is 73.7 Å². The predicted molar refractivity (Wildman–Crippen MR) is 122 cm³/mol. The second kappa shape index (κ2) is 10.1. The molecule has 8 nitrogen and oxygen atoms in total. The van der Waals surface area contributed by atoms with Crippen LogP contribution in [0.2, 0.25) is 0 Å². The third-order valence-electron chi connectivity index (χ3n) is 6.96. The SMILES string of the molecule is CC(=O)N1CCN(C(=O)C2CC(=O)c3sc(NC(=O)CCC4CCCCC4)nc3C2)CC1. The fourth-order valence-electron chi connectivity index (χ4n) is 5.05. The molecule has 2 heterocycles. The summed E-state index contributed by atoms with van der Waals surface area (Å²) in [6.45, 7) is 3.58. The average molecular weight is 461 g/mol. The lowest BCUT2D eigenvalue weighted by molar-refractivity contribution is -0.141. The molecule has 3 amide bonds.